The Morgan fingerprint density at radius 1 is 1.47 bits per heavy atom. The van der Waals surface area contributed by atoms with E-state index in [0.717, 1.165) is 31.7 Å². The Bertz CT molecular complexity index is 598. The van der Waals surface area contributed by atoms with E-state index in [1.54, 1.807) is 0 Å². The highest BCUT2D eigenvalue weighted by molar-refractivity contribution is 5.66. The second kappa shape index (κ2) is 4.79. The van der Waals surface area contributed by atoms with Crippen molar-refractivity contribution in [2.75, 3.05) is 18.0 Å². The first kappa shape index (κ1) is 11.8. The van der Waals surface area contributed by atoms with E-state index in [4.69, 9.17) is 5.11 Å². The van der Waals surface area contributed by atoms with Crippen molar-refractivity contribution in [3.8, 4) is 0 Å². The van der Waals surface area contributed by atoms with E-state index in [1.165, 1.54) is 4.63 Å². The van der Waals surface area contributed by atoms with Crippen molar-refractivity contribution in [3.63, 3.8) is 0 Å². The maximum absolute atomic E-state index is 10.6. The Morgan fingerprint density at radius 3 is 3.21 bits per heavy atom. The van der Waals surface area contributed by atoms with Gasteiger partial charge in [0.15, 0.2) is 11.5 Å². The van der Waals surface area contributed by atoms with E-state index in [0.29, 0.717) is 11.6 Å². The van der Waals surface area contributed by atoms with Crippen LogP contribution in [0.2, 0.25) is 0 Å². The number of nitrogens with zero attached hydrogens (tertiary/aromatic N) is 6. The topological polar surface area (TPSA) is 96.5 Å². The van der Waals surface area contributed by atoms with Crippen molar-refractivity contribution < 1.29 is 9.90 Å². The molecule has 3 heterocycles. The second-order valence-corrected chi connectivity index (χ2v) is 4.75. The second-order valence-electron chi connectivity index (χ2n) is 4.75. The van der Waals surface area contributed by atoms with Gasteiger partial charge in [0, 0.05) is 19.5 Å². The number of aromatic nitrogens is 5. The van der Waals surface area contributed by atoms with Crippen molar-refractivity contribution >= 4 is 17.4 Å². The molecule has 0 aliphatic carbocycles. The van der Waals surface area contributed by atoms with Crippen molar-refractivity contribution in [2.45, 2.75) is 19.3 Å². The maximum Gasteiger partial charge on any atom is 0.303 e. The van der Waals surface area contributed by atoms with Gasteiger partial charge in [-0.15, -0.1) is 14.8 Å². The lowest BCUT2D eigenvalue weighted by molar-refractivity contribution is -0.137. The number of aliphatic carboxylic acids is 1. The molecule has 3 rings (SSSR count). The van der Waals surface area contributed by atoms with Gasteiger partial charge in [0.2, 0.25) is 0 Å². The number of tetrazole rings is 1. The van der Waals surface area contributed by atoms with Crippen LogP contribution in [0, 0.1) is 5.92 Å². The number of hydrogen-bond acceptors (Lipinski definition) is 6. The van der Waals surface area contributed by atoms with Crippen molar-refractivity contribution in [3.05, 3.63) is 12.1 Å². The van der Waals surface area contributed by atoms with Gasteiger partial charge >= 0.3 is 5.97 Å². The van der Waals surface area contributed by atoms with Gasteiger partial charge in [-0.2, -0.15) is 0 Å². The van der Waals surface area contributed by atoms with Crippen LogP contribution >= 0.6 is 0 Å². The standard InChI is InChI=1S/C11H14N6O2/c18-11(19)4-1-8-5-6-16(7-8)10-3-2-9-12-14-15-17(9)13-10/h2-3,8H,1,4-7H2,(H,18,19). The van der Waals surface area contributed by atoms with E-state index in [9.17, 15) is 4.79 Å². The van der Waals surface area contributed by atoms with Crippen LogP contribution in [0.5, 0.6) is 0 Å². The molecule has 19 heavy (non-hydrogen) atoms. The van der Waals surface area contributed by atoms with Gasteiger partial charge in [0.25, 0.3) is 0 Å². The Morgan fingerprint density at radius 2 is 2.37 bits per heavy atom. The average Bonchev–Trinajstić information content (AvgIpc) is 3.04. The summed E-state index contributed by atoms with van der Waals surface area (Å²) in [7, 11) is 0. The number of anilines is 1. The summed E-state index contributed by atoms with van der Waals surface area (Å²) in [6, 6.07) is 3.72. The minimum atomic E-state index is -0.730. The predicted molar refractivity (Wildman–Crippen MR) is 65.8 cm³/mol. The summed E-state index contributed by atoms with van der Waals surface area (Å²) in [4.78, 5) is 12.7. The van der Waals surface area contributed by atoms with E-state index < -0.39 is 5.97 Å². The van der Waals surface area contributed by atoms with Gasteiger partial charge in [-0.25, -0.2) is 0 Å². The Hall–Kier alpha value is -2.25. The van der Waals surface area contributed by atoms with Crippen molar-refractivity contribution in [1.29, 1.82) is 0 Å². The van der Waals surface area contributed by atoms with E-state index in [-0.39, 0.29) is 6.42 Å². The van der Waals surface area contributed by atoms with Crippen LogP contribution in [-0.2, 0) is 4.79 Å². The predicted octanol–water partition coefficient (Wildman–Crippen LogP) is 0.210. The van der Waals surface area contributed by atoms with Crippen molar-refractivity contribution in [1.82, 2.24) is 25.3 Å². The third-order valence-corrected chi connectivity index (χ3v) is 3.43. The summed E-state index contributed by atoms with van der Waals surface area (Å²) in [5.74, 6) is 0.520. The molecule has 0 amide bonds. The summed E-state index contributed by atoms with van der Waals surface area (Å²) in [6.45, 7) is 1.73. The highest BCUT2D eigenvalue weighted by Crippen LogP contribution is 2.24. The molecular formula is C11H14N6O2. The average molecular weight is 262 g/mol. The molecule has 0 aromatic carbocycles. The number of carbonyl (C=O) groups is 1. The van der Waals surface area contributed by atoms with Crippen LogP contribution in [0.3, 0.4) is 0 Å². The molecule has 2 aromatic heterocycles. The highest BCUT2D eigenvalue weighted by Gasteiger charge is 2.24. The molecule has 1 fully saturated rings. The number of fused-ring (bicyclic) bond motifs is 1. The van der Waals surface area contributed by atoms with E-state index in [1.807, 2.05) is 12.1 Å². The minimum Gasteiger partial charge on any atom is -0.481 e. The molecule has 1 saturated heterocycles. The number of carboxylic acid groups (broad SMARTS) is 1. The maximum atomic E-state index is 10.6. The van der Waals surface area contributed by atoms with Gasteiger partial charge in [0.1, 0.15) is 0 Å². The summed E-state index contributed by atoms with van der Waals surface area (Å²) in [6.07, 6.45) is 1.96. The fourth-order valence-corrected chi connectivity index (χ4v) is 2.41. The molecule has 1 aliphatic rings. The third kappa shape index (κ3) is 2.47. The quantitative estimate of drug-likeness (QED) is 0.841. The van der Waals surface area contributed by atoms with Gasteiger partial charge < -0.3 is 10.0 Å². The summed E-state index contributed by atoms with van der Waals surface area (Å²) >= 11 is 0. The van der Waals surface area contributed by atoms with Crippen LogP contribution in [0.25, 0.3) is 5.65 Å². The molecule has 1 unspecified atom stereocenters. The van der Waals surface area contributed by atoms with E-state index >= 15 is 0 Å². The Labute approximate surface area is 109 Å². The highest BCUT2D eigenvalue weighted by atomic mass is 16.4. The lowest BCUT2D eigenvalue weighted by atomic mass is 10.0. The normalized spacial score (nSPS) is 19.2. The van der Waals surface area contributed by atoms with Crippen LogP contribution in [0.1, 0.15) is 19.3 Å². The number of carboxylic acids is 1. The van der Waals surface area contributed by atoms with Crippen LogP contribution in [0.4, 0.5) is 5.82 Å². The van der Waals surface area contributed by atoms with Gasteiger partial charge in [-0.05, 0) is 41.3 Å². The first-order valence-corrected chi connectivity index (χ1v) is 6.24. The fourth-order valence-electron chi connectivity index (χ4n) is 2.41. The molecule has 0 radical (unpaired) electrons. The lowest BCUT2D eigenvalue weighted by Crippen LogP contribution is -2.22. The van der Waals surface area contributed by atoms with Crippen LogP contribution in [-0.4, -0.2) is 49.4 Å². The molecule has 8 heteroatoms. The first-order valence-electron chi connectivity index (χ1n) is 6.24. The smallest absolute Gasteiger partial charge is 0.303 e. The molecule has 1 aliphatic heterocycles. The van der Waals surface area contributed by atoms with Crippen molar-refractivity contribution in [2.24, 2.45) is 5.92 Å². The molecule has 0 saturated carbocycles. The molecule has 100 valence electrons. The zero-order valence-electron chi connectivity index (χ0n) is 10.3. The zero-order valence-corrected chi connectivity index (χ0v) is 10.3. The fraction of sp³-hybridized carbons (Fsp3) is 0.545. The molecule has 8 nitrogen and oxygen atoms in total. The Balaban J connectivity index is 1.68. The first-order chi connectivity index (χ1) is 9.22. The number of hydrogen-bond donors (Lipinski definition) is 1. The lowest BCUT2D eigenvalue weighted by Gasteiger charge is -2.16. The van der Waals surface area contributed by atoms with Crippen LogP contribution in [0.15, 0.2) is 12.1 Å². The third-order valence-electron chi connectivity index (χ3n) is 3.43. The summed E-state index contributed by atoms with van der Waals surface area (Å²) < 4.78 is 1.40. The molecule has 0 spiro atoms. The van der Waals surface area contributed by atoms with Gasteiger partial charge in [-0.1, -0.05) is 0 Å². The number of rotatable bonds is 4. The summed E-state index contributed by atoms with van der Waals surface area (Å²) in [5.41, 5.74) is 0.616. The summed E-state index contributed by atoms with van der Waals surface area (Å²) in [5, 5.41) is 24.2. The SMILES string of the molecule is O=C(O)CCC1CCN(c2ccc3nnnn3n2)C1. The Kier molecular flexibility index (Phi) is 2.98. The molecular weight excluding hydrogens is 248 g/mol. The zero-order chi connectivity index (χ0) is 13.2. The van der Waals surface area contributed by atoms with Gasteiger partial charge in [0.05, 0.1) is 0 Å². The van der Waals surface area contributed by atoms with Gasteiger partial charge in [-0.3, -0.25) is 4.79 Å². The largest absolute Gasteiger partial charge is 0.481 e. The van der Waals surface area contributed by atoms with E-state index in [2.05, 4.69) is 25.5 Å². The molecule has 1 atom stereocenters. The molecule has 1 N–H and O–H groups in total. The molecule has 0 bridgehead atoms. The monoisotopic (exact) mass is 262 g/mol. The minimum absolute atomic E-state index is 0.234. The molecule has 2 aromatic rings. The van der Waals surface area contributed by atoms with Crippen LogP contribution < -0.4 is 4.90 Å².